The second-order valence-corrected chi connectivity index (χ2v) is 10.0. The van der Waals surface area contributed by atoms with Crippen molar-refractivity contribution in [2.24, 2.45) is 0 Å². The average molecular weight is 395 g/mol. The van der Waals surface area contributed by atoms with Crippen molar-refractivity contribution in [1.29, 1.82) is 0 Å². The molecule has 1 aromatic rings. The molecule has 0 radical (unpaired) electrons. The lowest BCUT2D eigenvalue weighted by Gasteiger charge is -2.32. The Morgan fingerprint density at radius 2 is 1.78 bits per heavy atom. The fraction of sp³-hybridized carbons (Fsp3) is 0.579. The summed E-state index contributed by atoms with van der Waals surface area (Å²) in [6.07, 6.45) is 1.62. The van der Waals surface area contributed by atoms with Gasteiger partial charge in [0.05, 0.1) is 22.6 Å². The minimum atomic E-state index is -3.67. The molecule has 3 rings (SSSR count). The van der Waals surface area contributed by atoms with Crippen LogP contribution < -0.4 is 4.31 Å². The zero-order valence-corrected chi connectivity index (χ0v) is 17.4. The number of benzene rings is 1. The van der Waals surface area contributed by atoms with Crippen molar-refractivity contribution >= 4 is 28.4 Å². The van der Waals surface area contributed by atoms with E-state index in [1.54, 1.807) is 24.3 Å². The Labute approximate surface area is 161 Å². The van der Waals surface area contributed by atoms with Crippen LogP contribution in [0.25, 0.3) is 5.57 Å². The average Bonchev–Trinajstić information content (AvgIpc) is 2.80. The third-order valence-electron chi connectivity index (χ3n) is 5.62. The third kappa shape index (κ3) is 3.55. The Kier molecular flexibility index (Phi) is 5.20. The number of fused-ring (bicyclic) bond motifs is 1. The number of anilines is 1. The van der Waals surface area contributed by atoms with Gasteiger partial charge < -0.3 is 9.31 Å². The number of halogens is 1. The van der Waals surface area contributed by atoms with E-state index in [9.17, 15) is 8.42 Å². The summed E-state index contributed by atoms with van der Waals surface area (Å²) in [6, 6.07) is 7.03. The van der Waals surface area contributed by atoms with Gasteiger partial charge >= 0.3 is 7.12 Å². The molecule has 1 fully saturated rings. The van der Waals surface area contributed by atoms with Crippen LogP contribution in [0, 0.1) is 0 Å². The van der Waals surface area contributed by atoms with Gasteiger partial charge in [0.25, 0.3) is 0 Å². The smallest absolute Gasteiger partial charge is 0.398 e. The molecule has 0 aromatic heterocycles. The Hall–Kier alpha value is -1.38. The van der Waals surface area contributed by atoms with Gasteiger partial charge in [-0.05, 0) is 40.2 Å². The highest BCUT2D eigenvalue weighted by molar-refractivity contribution is 7.93. The number of para-hydroxylation sites is 1. The van der Waals surface area contributed by atoms with Crippen molar-refractivity contribution in [1.82, 2.24) is 0 Å². The van der Waals surface area contributed by atoms with Gasteiger partial charge in [-0.25, -0.2) is 12.8 Å². The van der Waals surface area contributed by atoms with Crippen LogP contribution in [0.2, 0.25) is 0 Å². The molecule has 0 saturated carbocycles. The van der Waals surface area contributed by atoms with Gasteiger partial charge in [0, 0.05) is 17.7 Å². The summed E-state index contributed by atoms with van der Waals surface area (Å²) in [4.78, 5) is 0. The molecule has 0 amide bonds. The lowest BCUT2D eigenvalue weighted by molar-refractivity contribution is 0.00578. The lowest BCUT2D eigenvalue weighted by atomic mass is 9.83. The van der Waals surface area contributed by atoms with Crippen molar-refractivity contribution < 1.29 is 22.1 Å². The van der Waals surface area contributed by atoms with Gasteiger partial charge in [-0.2, -0.15) is 0 Å². The highest BCUT2D eigenvalue weighted by Crippen LogP contribution is 2.43. The summed E-state index contributed by atoms with van der Waals surface area (Å²) >= 11 is 0. The topological polar surface area (TPSA) is 55.8 Å². The standard InChI is InChI=1S/C19H27BFNO4S/c1-6-7-12-22-16-11-9-8-10-14(16)15(13-27(22,23)24)17(21)20-25-18(2,3)19(4,5)26-20/h8-11H,6-7,12-13H2,1-5H3. The van der Waals surface area contributed by atoms with Crippen LogP contribution in [-0.4, -0.2) is 39.0 Å². The van der Waals surface area contributed by atoms with E-state index in [0.717, 1.165) is 12.8 Å². The van der Waals surface area contributed by atoms with Crippen molar-refractivity contribution in [3.8, 4) is 0 Å². The molecule has 0 unspecified atom stereocenters. The van der Waals surface area contributed by atoms with E-state index in [-0.39, 0.29) is 5.57 Å². The Morgan fingerprint density at radius 3 is 2.37 bits per heavy atom. The quantitative estimate of drug-likeness (QED) is 0.725. The SMILES string of the molecule is CCCCN1c2ccccc2C(=C(F)B2OC(C)(C)C(C)(C)O2)CS1(=O)=O. The van der Waals surface area contributed by atoms with E-state index in [1.165, 1.54) is 4.31 Å². The number of hydrogen-bond acceptors (Lipinski definition) is 4. The van der Waals surface area contributed by atoms with Crippen LogP contribution in [0.4, 0.5) is 10.1 Å². The molecule has 2 aliphatic heterocycles. The molecular weight excluding hydrogens is 368 g/mol. The maximum absolute atomic E-state index is 15.4. The summed E-state index contributed by atoms with van der Waals surface area (Å²) in [6.45, 7) is 9.74. The molecule has 0 atom stereocenters. The zero-order chi connectivity index (χ0) is 20.0. The Bertz CT molecular complexity index is 850. The largest absolute Gasteiger partial charge is 0.525 e. The van der Waals surface area contributed by atoms with Gasteiger partial charge in [0.2, 0.25) is 10.0 Å². The Balaban J connectivity index is 2.07. The predicted molar refractivity (Wildman–Crippen MR) is 107 cm³/mol. The number of unbranched alkanes of at least 4 members (excludes halogenated alkanes) is 1. The van der Waals surface area contributed by atoms with Crippen molar-refractivity contribution in [2.75, 3.05) is 16.6 Å². The van der Waals surface area contributed by atoms with Crippen molar-refractivity contribution in [3.63, 3.8) is 0 Å². The highest BCUT2D eigenvalue weighted by Gasteiger charge is 2.54. The number of nitrogens with zero attached hydrogens (tertiary/aromatic N) is 1. The molecular formula is C19H27BFNO4S. The molecule has 1 aromatic carbocycles. The molecule has 8 heteroatoms. The van der Waals surface area contributed by atoms with Crippen LogP contribution in [0.3, 0.4) is 0 Å². The second-order valence-electron chi connectivity index (χ2n) is 8.11. The second kappa shape index (κ2) is 6.90. The van der Waals surface area contributed by atoms with Crippen molar-refractivity contribution in [2.45, 2.75) is 58.7 Å². The first-order chi connectivity index (χ1) is 12.5. The van der Waals surface area contributed by atoms with Gasteiger partial charge in [-0.3, -0.25) is 4.31 Å². The molecule has 0 aliphatic carbocycles. The molecule has 1 saturated heterocycles. The molecule has 2 heterocycles. The summed E-state index contributed by atoms with van der Waals surface area (Å²) in [5.74, 6) is -0.399. The zero-order valence-electron chi connectivity index (χ0n) is 16.6. The first kappa shape index (κ1) is 20.4. The van der Waals surface area contributed by atoms with Gasteiger partial charge in [-0.1, -0.05) is 31.5 Å². The fourth-order valence-electron chi connectivity index (χ4n) is 3.28. The van der Waals surface area contributed by atoms with E-state index in [0.29, 0.717) is 17.8 Å². The maximum Gasteiger partial charge on any atom is 0.525 e. The van der Waals surface area contributed by atoms with Crippen molar-refractivity contribution in [3.05, 3.63) is 35.6 Å². The van der Waals surface area contributed by atoms with Crippen LogP contribution in [-0.2, 0) is 19.3 Å². The molecule has 2 aliphatic rings. The minimum Gasteiger partial charge on any atom is -0.398 e. The van der Waals surface area contributed by atoms with E-state index in [2.05, 4.69) is 0 Å². The molecule has 0 N–H and O–H groups in total. The first-order valence-electron chi connectivity index (χ1n) is 9.34. The van der Waals surface area contributed by atoms with Crippen LogP contribution in [0.15, 0.2) is 30.0 Å². The van der Waals surface area contributed by atoms with Gasteiger partial charge in [0.1, 0.15) is 5.73 Å². The summed E-state index contributed by atoms with van der Waals surface area (Å²) in [7, 11) is -4.88. The first-order valence-corrected chi connectivity index (χ1v) is 10.9. The Morgan fingerprint density at radius 1 is 1.19 bits per heavy atom. The van der Waals surface area contributed by atoms with Crippen LogP contribution in [0.5, 0.6) is 0 Å². The van der Waals surface area contributed by atoms with E-state index in [1.807, 2.05) is 34.6 Å². The third-order valence-corrected chi connectivity index (χ3v) is 7.33. The monoisotopic (exact) mass is 395 g/mol. The fourth-order valence-corrected chi connectivity index (χ4v) is 4.96. The van der Waals surface area contributed by atoms with E-state index >= 15 is 4.39 Å². The van der Waals surface area contributed by atoms with Crippen LogP contribution >= 0.6 is 0 Å². The summed E-state index contributed by atoms with van der Waals surface area (Å²) < 4.78 is 54.2. The van der Waals surface area contributed by atoms with E-state index < -0.39 is 39.8 Å². The van der Waals surface area contributed by atoms with Gasteiger partial charge in [0.15, 0.2) is 0 Å². The highest BCUT2D eigenvalue weighted by atomic mass is 32.2. The number of hydrogen-bond donors (Lipinski definition) is 0. The summed E-state index contributed by atoms with van der Waals surface area (Å²) in [5, 5.41) is 0. The van der Waals surface area contributed by atoms with E-state index in [4.69, 9.17) is 9.31 Å². The summed E-state index contributed by atoms with van der Waals surface area (Å²) in [5.41, 5.74) is -0.850. The molecule has 5 nitrogen and oxygen atoms in total. The molecule has 0 bridgehead atoms. The normalized spacial score (nSPS) is 24.7. The number of sulfonamides is 1. The molecule has 148 valence electrons. The number of rotatable bonds is 4. The molecule has 27 heavy (non-hydrogen) atoms. The predicted octanol–water partition coefficient (Wildman–Crippen LogP) is 3.95. The maximum atomic E-state index is 15.4. The minimum absolute atomic E-state index is 0.122. The van der Waals surface area contributed by atoms with Gasteiger partial charge in [-0.15, -0.1) is 0 Å². The molecule has 0 spiro atoms. The lowest BCUT2D eigenvalue weighted by Crippen LogP contribution is -2.41. The van der Waals surface area contributed by atoms with Crippen LogP contribution in [0.1, 0.15) is 53.0 Å².